The summed E-state index contributed by atoms with van der Waals surface area (Å²) < 4.78 is 0. The first-order valence-electron chi connectivity index (χ1n) is 20.7. The molecule has 9 aromatic rings. The first-order chi connectivity index (χ1) is 30.3. The molecule has 0 saturated heterocycles. The second kappa shape index (κ2) is 17.6. The van der Waals surface area contributed by atoms with Crippen molar-refractivity contribution < 1.29 is 0 Å². The van der Waals surface area contributed by atoms with Crippen LogP contribution in [0.2, 0.25) is 0 Å². The molecule has 302 valence electrons. The quantitative estimate of drug-likeness (QED) is 0.0881. The molecule has 0 amide bonds. The van der Waals surface area contributed by atoms with Gasteiger partial charge in [-0.15, -0.1) is 0 Å². The molecule has 0 atom stereocenters. The molecule has 9 rings (SSSR count). The molecule has 0 aliphatic carbocycles. The lowest BCUT2D eigenvalue weighted by molar-refractivity contribution is 1.25. The molecule has 5 aromatic carbocycles. The van der Waals surface area contributed by atoms with Gasteiger partial charge in [-0.3, -0.25) is 20.0 Å². The lowest BCUT2D eigenvalue weighted by Crippen LogP contribution is -1.92. The van der Waals surface area contributed by atoms with Gasteiger partial charge in [0.2, 0.25) is 0 Å². The van der Waals surface area contributed by atoms with E-state index in [9.17, 15) is 0 Å². The molecule has 0 radical (unpaired) electrons. The first-order valence-corrected chi connectivity index (χ1v) is 20.7. The van der Waals surface area contributed by atoms with Crippen molar-refractivity contribution in [2.75, 3.05) is 0 Å². The molecule has 0 bridgehead atoms. The average Bonchev–Trinajstić information content (AvgIpc) is 4.13. The van der Waals surface area contributed by atoms with E-state index in [1.807, 2.05) is 101 Å². The smallest absolute Gasteiger partial charge is 0.0630 e. The lowest BCUT2D eigenvalue weighted by Gasteiger charge is -2.19. The summed E-state index contributed by atoms with van der Waals surface area (Å²) in [4.78, 5) is 32.4. The van der Waals surface area contributed by atoms with Crippen LogP contribution in [0.4, 0.5) is 22.7 Å². The Balaban J connectivity index is 1.14. The summed E-state index contributed by atoms with van der Waals surface area (Å²) in [7, 11) is 0. The fraction of sp³-hybridized carbons (Fsp3) is 0.0741. The number of hydrogen-bond acceptors (Lipinski definition) is 4. The van der Waals surface area contributed by atoms with E-state index < -0.39 is 0 Å². The van der Waals surface area contributed by atoms with Crippen LogP contribution in [0, 0.1) is 27.7 Å². The fourth-order valence-corrected chi connectivity index (χ4v) is 7.44. The number of H-pyrrole nitrogens is 4. The molecule has 0 aliphatic rings. The average molecular weight is 807 g/mol. The van der Waals surface area contributed by atoms with E-state index >= 15 is 0 Å². The molecule has 4 N–H and O–H groups in total. The molecule has 4 aromatic heterocycles. The summed E-state index contributed by atoms with van der Waals surface area (Å²) in [5.41, 5.74) is 20.5. The van der Waals surface area contributed by atoms with Gasteiger partial charge in [-0.25, -0.2) is 0 Å². The largest absolute Gasteiger partial charge is 0.358 e. The zero-order chi connectivity index (χ0) is 42.4. The molecular weight excluding hydrogens is 761 g/mol. The van der Waals surface area contributed by atoms with Crippen molar-refractivity contribution in [3.63, 3.8) is 0 Å². The van der Waals surface area contributed by atoms with Crippen LogP contribution in [-0.4, -0.2) is 44.8 Å². The van der Waals surface area contributed by atoms with Crippen molar-refractivity contribution >= 4 is 47.6 Å². The van der Waals surface area contributed by atoms with Gasteiger partial charge < -0.3 is 19.9 Å². The van der Waals surface area contributed by atoms with E-state index in [1.54, 1.807) is 0 Å². The minimum absolute atomic E-state index is 0.874. The minimum Gasteiger partial charge on any atom is -0.358 e. The topological polar surface area (TPSA) is 113 Å². The summed E-state index contributed by atoms with van der Waals surface area (Å²) in [5, 5.41) is 0. The van der Waals surface area contributed by atoms with Gasteiger partial charge in [-0.2, -0.15) is 0 Å². The Morgan fingerprint density at radius 2 is 0.484 bits per heavy atom. The number of aromatic amines is 4. The number of nitrogens with one attached hydrogen (secondary N) is 4. The molecule has 0 aliphatic heterocycles. The molecule has 8 heteroatoms. The molecule has 4 heterocycles. The number of aryl methyl sites for hydroxylation is 4. The van der Waals surface area contributed by atoms with Crippen molar-refractivity contribution in [2.45, 2.75) is 27.7 Å². The molecule has 62 heavy (non-hydrogen) atoms. The van der Waals surface area contributed by atoms with Crippen LogP contribution >= 0.6 is 0 Å². The van der Waals surface area contributed by atoms with Crippen molar-refractivity contribution in [1.29, 1.82) is 0 Å². The fourth-order valence-electron chi connectivity index (χ4n) is 7.44. The number of aliphatic imine (C=N–C) groups is 4. The van der Waals surface area contributed by atoms with E-state index in [-0.39, 0.29) is 0 Å². The zero-order valence-electron chi connectivity index (χ0n) is 35.1. The van der Waals surface area contributed by atoms with Crippen LogP contribution in [0.3, 0.4) is 0 Å². The van der Waals surface area contributed by atoms with Gasteiger partial charge in [0.05, 0.1) is 70.4 Å². The van der Waals surface area contributed by atoms with E-state index in [0.29, 0.717) is 0 Å². The number of hydrogen-bond donors (Lipinski definition) is 4. The van der Waals surface area contributed by atoms with Gasteiger partial charge in [0.1, 0.15) is 0 Å². The Hall–Kier alpha value is -8.10. The van der Waals surface area contributed by atoms with Crippen LogP contribution in [0.1, 0.15) is 45.6 Å². The highest BCUT2D eigenvalue weighted by molar-refractivity contribution is 5.96. The van der Waals surface area contributed by atoms with Gasteiger partial charge in [-0.05, 0) is 181 Å². The lowest BCUT2D eigenvalue weighted by atomic mass is 9.85. The van der Waals surface area contributed by atoms with Gasteiger partial charge in [0, 0.05) is 22.8 Å². The SMILES string of the molecule is Cc1ccc(/C=N/c2ccc(-c3cc(-c4ccc(/N=C/c5ccc(C)[nH]5)cc4)c(-c4ccc(/N=C/c5ccc(C)[nH]5)cc4)cc3-c3ccc(/N=C/c4ccc(C)[nH]4)cc3)cc2)[nH]1. The normalized spacial score (nSPS) is 11.9. The monoisotopic (exact) mass is 806 g/mol. The number of rotatable bonds is 12. The van der Waals surface area contributed by atoms with Gasteiger partial charge in [0.15, 0.2) is 0 Å². The van der Waals surface area contributed by atoms with Crippen LogP contribution in [0.25, 0.3) is 44.5 Å². The number of benzene rings is 5. The Kier molecular flexibility index (Phi) is 11.2. The summed E-state index contributed by atoms with van der Waals surface area (Å²) in [6.07, 6.45) is 7.47. The van der Waals surface area contributed by atoms with Crippen molar-refractivity contribution in [3.05, 3.63) is 203 Å². The predicted molar refractivity (Wildman–Crippen MR) is 259 cm³/mol. The maximum Gasteiger partial charge on any atom is 0.0630 e. The third kappa shape index (κ3) is 9.35. The van der Waals surface area contributed by atoms with E-state index in [1.165, 1.54) is 0 Å². The highest BCUT2D eigenvalue weighted by Gasteiger charge is 2.17. The van der Waals surface area contributed by atoms with E-state index in [4.69, 9.17) is 20.0 Å². The van der Waals surface area contributed by atoms with E-state index in [2.05, 4.69) is 129 Å². The zero-order valence-corrected chi connectivity index (χ0v) is 35.1. The summed E-state index contributed by atoms with van der Waals surface area (Å²) in [5.74, 6) is 0. The molecule has 8 nitrogen and oxygen atoms in total. The molecule has 0 saturated carbocycles. The standard InChI is InChI=1S/C54H46N8/c1-35-5-17-47(59-35)31-55-43-21-9-39(10-22-43)51-29-53(41-13-25-45(26-14-41)57-33-49-19-7-37(3)61-49)54(42-15-27-46(28-16-42)58-34-50-20-8-38(4)62-50)30-52(51)40-11-23-44(24-12-40)56-32-48-18-6-36(2)60-48/h5-34,59-62H,1-4H3/b55-31+,56-32+,57-33+,58-34+. The van der Waals surface area contributed by atoms with E-state index in [0.717, 1.165) is 113 Å². The molecule has 0 spiro atoms. The van der Waals surface area contributed by atoms with Gasteiger partial charge >= 0.3 is 0 Å². The summed E-state index contributed by atoms with van der Waals surface area (Å²) in [6.45, 7) is 8.16. The Bertz CT molecular complexity index is 2650. The predicted octanol–water partition coefficient (Wildman–Crippen LogP) is 13.9. The van der Waals surface area contributed by atoms with Crippen LogP contribution in [0.15, 0.2) is 178 Å². The molecule has 0 unspecified atom stereocenters. The molecular formula is C54H46N8. The van der Waals surface area contributed by atoms with Crippen LogP contribution in [0.5, 0.6) is 0 Å². The van der Waals surface area contributed by atoms with Crippen LogP contribution in [-0.2, 0) is 0 Å². The van der Waals surface area contributed by atoms with Crippen molar-refractivity contribution in [2.24, 2.45) is 20.0 Å². The minimum atomic E-state index is 0.874. The second-order valence-corrected chi connectivity index (χ2v) is 15.6. The van der Waals surface area contributed by atoms with Crippen molar-refractivity contribution in [3.8, 4) is 44.5 Å². The first kappa shape index (κ1) is 39.4. The highest BCUT2D eigenvalue weighted by atomic mass is 14.8. The Labute approximate surface area is 361 Å². The third-order valence-corrected chi connectivity index (χ3v) is 10.7. The summed E-state index contributed by atoms with van der Waals surface area (Å²) in [6, 6.07) is 54.8. The maximum atomic E-state index is 4.76. The third-order valence-electron chi connectivity index (χ3n) is 10.7. The Morgan fingerprint density at radius 3 is 0.661 bits per heavy atom. The van der Waals surface area contributed by atoms with Gasteiger partial charge in [-0.1, -0.05) is 48.5 Å². The molecule has 0 fully saturated rings. The Morgan fingerprint density at radius 1 is 0.274 bits per heavy atom. The summed E-state index contributed by atoms with van der Waals surface area (Å²) >= 11 is 0. The highest BCUT2D eigenvalue weighted by Crippen LogP contribution is 2.43. The number of aromatic nitrogens is 4. The maximum absolute atomic E-state index is 4.76. The number of nitrogens with zero attached hydrogens (tertiary/aromatic N) is 4. The van der Waals surface area contributed by atoms with Crippen molar-refractivity contribution in [1.82, 2.24) is 19.9 Å². The second-order valence-electron chi connectivity index (χ2n) is 15.6. The van der Waals surface area contributed by atoms with Gasteiger partial charge in [0.25, 0.3) is 0 Å². The van der Waals surface area contributed by atoms with Crippen LogP contribution < -0.4 is 0 Å².